The molecule has 0 atom stereocenters. The summed E-state index contributed by atoms with van der Waals surface area (Å²) in [5, 5.41) is 10.8. The summed E-state index contributed by atoms with van der Waals surface area (Å²) in [4.78, 5) is 0. The van der Waals surface area contributed by atoms with Crippen molar-refractivity contribution in [2.75, 3.05) is 0 Å². The third-order valence-corrected chi connectivity index (χ3v) is 0.816. The van der Waals surface area contributed by atoms with Gasteiger partial charge in [-0.15, -0.1) is 5.16 Å². The second-order valence-electron chi connectivity index (χ2n) is 1.54. The van der Waals surface area contributed by atoms with Crippen LogP contribution in [0.15, 0.2) is 30.0 Å². The molecule has 0 heterocycles. The maximum Gasteiger partial charge on any atom is 0.0439 e. The zero-order valence-corrected chi connectivity index (χ0v) is 5.33. The Balaban J connectivity index is 3.08. The van der Waals surface area contributed by atoms with Crippen LogP contribution in [0.3, 0.4) is 0 Å². The van der Waals surface area contributed by atoms with E-state index in [1.54, 1.807) is 6.08 Å². The van der Waals surface area contributed by atoms with Gasteiger partial charge in [0, 0.05) is 6.21 Å². The molecule has 0 saturated carbocycles. The molecule has 0 aliphatic rings. The Bertz CT molecular complexity index is 116. The van der Waals surface area contributed by atoms with Crippen molar-refractivity contribution in [1.82, 2.24) is 0 Å². The van der Waals surface area contributed by atoms with Gasteiger partial charge >= 0.3 is 0 Å². The Morgan fingerprint density at radius 2 is 2.22 bits per heavy atom. The quantitative estimate of drug-likeness (QED) is 0.201. The molecule has 0 unspecified atom stereocenters. The summed E-state index contributed by atoms with van der Waals surface area (Å²) >= 11 is 0. The maximum atomic E-state index is 7.95. The van der Waals surface area contributed by atoms with Crippen LogP contribution in [0, 0.1) is 0 Å². The molecule has 1 N–H and O–H groups in total. The van der Waals surface area contributed by atoms with Gasteiger partial charge in [-0.05, 0) is 12.8 Å². The fraction of sp³-hybridized carbons (Fsp3) is 0.286. The molecular formula is C7H11NO. The third-order valence-electron chi connectivity index (χ3n) is 0.816. The number of hydrogen-bond donors (Lipinski definition) is 1. The molecule has 0 radical (unpaired) electrons. The lowest BCUT2D eigenvalue weighted by Gasteiger charge is -1.80. The molecule has 0 fully saturated rings. The van der Waals surface area contributed by atoms with E-state index in [9.17, 15) is 0 Å². The average molecular weight is 125 g/mol. The van der Waals surface area contributed by atoms with Crippen LogP contribution in [0.4, 0.5) is 0 Å². The van der Waals surface area contributed by atoms with Crippen molar-refractivity contribution in [2.24, 2.45) is 5.16 Å². The lowest BCUT2D eigenvalue weighted by Crippen LogP contribution is -1.71. The van der Waals surface area contributed by atoms with Gasteiger partial charge in [0.2, 0.25) is 0 Å². The van der Waals surface area contributed by atoms with Crippen molar-refractivity contribution in [3.8, 4) is 0 Å². The summed E-state index contributed by atoms with van der Waals surface area (Å²) in [7, 11) is 0. The first-order valence-corrected chi connectivity index (χ1v) is 2.85. The van der Waals surface area contributed by atoms with Crippen LogP contribution < -0.4 is 0 Å². The number of nitrogens with zero attached hydrogens (tertiary/aromatic N) is 1. The smallest absolute Gasteiger partial charge is 0.0439 e. The van der Waals surface area contributed by atoms with Crippen LogP contribution in [0.5, 0.6) is 0 Å². The van der Waals surface area contributed by atoms with E-state index >= 15 is 0 Å². The average Bonchev–Trinajstić information content (AvgIpc) is 1.89. The molecule has 2 heteroatoms. The molecule has 2 nitrogen and oxygen atoms in total. The summed E-state index contributed by atoms with van der Waals surface area (Å²) in [5.41, 5.74) is 0. The van der Waals surface area contributed by atoms with Crippen LogP contribution in [0.1, 0.15) is 12.8 Å². The normalized spacial score (nSPS) is 11.1. The highest BCUT2D eigenvalue weighted by molar-refractivity contribution is 5.56. The first kappa shape index (κ1) is 7.95. The zero-order chi connectivity index (χ0) is 6.95. The van der Waals surface area contributed by atoms with Crippen LogP contribution in [-0.2, 0) is 0 Å². The molecule has 0 aromatic heterocycles. The van der Waals surface area contributed by atoms with Crippen molar-refractivity contribution < 1.29 is 5.21 Å². The van der Waals surface area contributed by atoms with Gasteiger partial charge in [0.15, 0.2) is 0 Å². The summed E-state index contributed by atoms with van der Waals surface area (Å²) in [6.45, 7) is 3.51. The lowest BCUT2D eigenvalue weighted by atomic mass is 10.3. The predicted octanol–water partition coefficient (Wildman–Crippen LogP) is 1.97. The highest BCUT2D eigenvalue weighted by atomic mass is 16.4. The molecule has 0 rings (SSSR count). The van der Waals surface area contributed by atoms with Crippen molar-refractivity contribution in [1.29, 1.82) is 0 Å². The number of oxime groups is 1. The van der Waals surface area contributed by atoms with Crippen molar-refractivity contribution in [2.45, 2.75) is 12.8 Å². The molecule has 0 saturated heterocycles. The minimum Gasteiger partial charge on any atom is -0.411 e. The SMILES string of the molecule is C=C/C=C\CC/C=N\O. The summed E-state index contributed by atoms with van der Waals surface area (Å²) < 4.78 is 0. The first-order chi connectivity index (χ1) is 4.41. The van der Waals surface area contributed by atoms with E-state index in [4.69, 9.17) is 5.21 Å². The van der Waals surface area contributed by atoms with Crippen LogP contribution in [-0.4, -0.2) is 11.4 Å². The third kappa shape index (κ3) is 6.95. The second-order valence-corrected chi connectivity index (χ2v) is 1.54. The van der Waals surface area contributed by atoms with Gasteiger partial charge in [-0.3, -0.25) is 0 Å². The van der Waals surface area contributed by atoms with Crippen molar-refractivity contribution in [3.63, 3.8) is 0 Å². The molecule has 0 aliphatic carbocycles. The predicted molar refractivity (Wildman–Crippen MR) is 38.8 cm³/mol. The van der Waals surface area contributed by atoms with Gasteiger partial charge in [0.25, 0.3) is 0 Å². The van der Waals surface area contributed by atoms with E-state index < -0.39 is 0 Å². The number of rotatable bonds is 4. The van der Waals surface area contributed by atoms with Gasteiger partial charge in [-0.25, -0.2) is 0 Å². The van der Waals surface area contributed by atoms with Gasteiger partial charge in [0.1, 0.15) is 0 Å². The van der Waals surface area contributed by atoms with Crippen LogP contribution in [0.2, 0.25) is 0 Å². The Kier molecular flexibility index (Phi) is 6.14. The van der Waals surface area contributed by atoms with E-state index in [-0.39, 0.29) is 0 Å². The van der Waals surface area contributed by atoms with Gasteiger partial charge in [-0.2, -0.15) is 0 Å². The second kappa shape index (κ2) is 6.95. The van der Waals surface area contributed by atoms with E-state index in [0.717, 1.165) is 12.8 Å². The van der Waals surface area contributed by atoms with E-state index in [1.165, 1.54) is 6.21 Å². The standard InChI is InChI=1S/C7H11NO/c1-2-3-4-5-6-7-8-9/h2-4,7,9H,1,5-6H2/b4-3-,8-7-. The maximum absolute atomic E-state index is 7.95. The van der Waals surface area contributed by atoms with E-state index in [2.05, 4.69) is 11.7 Å². The molecule has 0 aromatic rings. The summed E-state index contributed by atoms with van der Waals surface area (Å²) in [6, 6.07) is 0. The monoisotopic (exact) mass is 125 g/mol. The molecule has 0 bridgehead atoms. The zero-order valence-electron chi connectivity index (χ0n) is 5.33. The summed E-state index contributed by atoms with van der Waals surface area (Å²) in [6.07, 6.45) is 8.69. The number of unbranched alkanes of at least 4 members (excludes halogenated alkanes) is 1. The molecule has 0 amide bonds. The van der Waals surface area contributed by atoms with Gasteiger partial charge in [-0.1, -0.05) is 24.8 Å². The van der Waals surface area contributed by atoms with Crippen molar-refractivity contribution >= 4 is 6.21 Å². The first-order valence-electron chi connectivity index (χ1n) is 2.85. The Morgan fingerprint density at radius 1 is 1.44 bits per heavy atom. The fourth-order valence-corrected chi connectivity index (χ4v) is 0.421. The highest BCUT2D eigenvalue weighted by Crippen LogP contribution is 1.86. The minimum absolute atomic E-state index is 0.779. The number of allylic oxidation sites excluding steroid dienone is 3. The Labute approximate surface area is 55.2 Å². The molecule has 0 aromatic carbocycles. The molecule has 0 aliphatic heterocycles. The van der Waals surface area contributed by atoms with Gasteiger partial charge in [0.05, 0.1) is 0 Å². The van der Waals surface area contributed by atoms with Crippen LogP contribution in [0.25, 0.3) is 0 Å². The van der Waals surface area contributed by atoms with E-state index in [1.807, 2.05) is 12.2 Å². The minimum atomic E-state index is 0.779. The molecular weight excluding hydrogens is 114 g/mol. The lowest BCUT2D eigenvalue weighted by molar-refractivity contribution is 0.320. The van der Waals surface area contributed by atoms with E-state index in [0.29, 0.717) is 0 Å². The topological polar surface area (TPSA) is 32.6 Å². The van der Waals surface area contributed by atoms with Crippen molar-refractivity contribution in [3.05, 3.63) is 24.8 Å². The fourth-order valence-electron chi connectivity index (χ4n) is 0.421. The van der Waals surface area contributed by atoms with Gasteiger partial charge < -0.3 is 5.21 Å². The Hall–Kier alpha value is -1.05. The largest absolute Gasteiger partial charge is 0.411 e. The summed E-state index contributed by atoms with van der Waals surface area (Å²) in [5.74, 6) is 0. The van der Waals surface area contributed by atoms with Crippen LogP contribution >= 0.6 is 0 Å². The highest BCUT2D eigenvalue weighted by Gasteiger charge is 1.73. The number of hydrogen-bond acceptors (Lipinski definition) is 2. The molecule has 0 spiro atoms. The molecule has 9 heavy (non-hydrogen) atoms. The Morgan fingerprint density at radius 3 is 2.78 bits per heavy atom. The molecule has 50 valence electrons.